The Morgan fingerprint density at radius 1 is 0.966 bits per heavy atom. The number of carbonyl (C=O) groups excluding carboxylic acids is 2. The molecule has 29 heavy (non-hydrogen) atoms. The molecule has 0 heterocycles. The standard InChI is InChI=1S/C18H19N3O8/c1-26-14-8-11(9-15(27-2)17(14)28-3)18(23)20-19-16(22)10-29-13-6-4-12(5-7-13)21(24)25/h4-9H,10H2,1-3H3,(H,19,22)(H,20,23). The van der Waals surface area contributed by atoms with Gasteiger partial charge in [0.05, 0.1) is 26.3 Å². The molecule has 0 spiro atoms. The minimum Gasteiger partial charge on any atom is -0.493 e. The van der Waals surface area contributed by atoms with Crippen molar-refractivity contribution in [1.29, 1.82) is 0 Å². The van der Waals surface area contributed by atoms with Crippen LogP contribution in [0.3, 0.4) is 0 Å². The van der Waals surface area contributed by atoms with Crippen LogP contribution in [-0.4, -0.2) is 44.7 Å². The molecule has 2 aromatic carbocycles. The van der Waals surface area contributed by atoms with Crippen molar-refractivity contribution in [1.82, 2.24) is 10.9 Å². The molecule has 0 unspecified atom stereocenters. The Morgan fingerprint density at radius 2 is 1.55 bits per heavy atom. The maximum atomic E-state index is 12.3. The summed E-state index contributed by atoms with van der Waals surface area (Å²) in [5, 5.41) is 10.6. The van der Waals surface area contributed by atoms with Crippen LogP contribution < -0.4 is 29.8 Å². The van der Waals surface area contributed by atoms with Gasteiger partial charge in [0.15, 0.2) is 18.1 Å². The Labute approximate surface area is 165 Å². The molecule has 0 radical (unpaired) electrons. The Balaban J connectivity index is 1.93. The van der Waals surface area contributed by atoms with Gasteiger partial charge in [0.1, 0.15) is 5.75 Å². The third-order valence-electron chi connectivity index (χ3n) is 3.66. The number of carbonyl (C=O) groups is 2. The van der Waals surface area contributed by atoms with Crippen molar-refractivity contribution < 1.29 is 33.5 Å². The topological polar surface area (TPSA) is 138 Å². The second-order valence-electron chi connectivity index (χ2n) is 5.46. The zero-order chi connectivity index (χ0) is 21.4. The zero-order valence-corrected chi connectivity index (χ0v) is 15.9. The van der Waals surface area contributed by atoms with E-state index in [2.05, 4.69) is 10.9 Å². The maximum Gasteiger partial charge on any atom is 0.276 e. The molecule has 11 nitrogen and oxygen atoms in total. The third kappa shape index (κ3) is 5.48. The molecule has 2 rings (SSSR count). The van der Waals surface area contributed by atoms with Crippen molar-refractivity contribution in [3.05, 3.63) is 52.1 Å². The van der Waals surface area contributed by atoms with Crippen molar-refractivity contribution in [3.63, 3.8) is 0 Å². The van der Waals surface area contributed by atoms with Crippen molar-refractivity contribution in [2.75, 3.05) is 27.9 Å². The number of nitro benzene ring substituents is 1. The Kier molecular flexibility index (Phi) is 7.18. The van der Waals surface area contributed by atoms with Gasteiger partial charge < -0.3 is 18.9 Å². The maximum absolute atomic E-state index is 12.3. The molecule has 0 bridgehead atoms. The second kappa shape index (κ2) is 9.78. The highest BCUT2D eigenvalue weighted by Gasteiger charge is 2.17. The summed E-state index contributed by atoms with van der Waals surface area (Å²) in [6.07, 6.45) is 0. The summed E-state index contributed by atoms with van der Waals surface area (Å²) in [6, 6.07) is 8.07. The van der Waals surface area contributed by atoms with E-state index in [1.807, 2.05) is 0 Å². The average Bonchev–Trinajstić information content (AvgIpc) is 2.74. The molecule has 0 aliphatic heterocycles. The van der Waals surface area contributed by atoms with Gasteiger partial charge in [0.2, 0.25) is 5.75 Å². The van der Waals surface area contributed by atoms with Crippen LogP contribution in [0.25, 0.3) is 0 Å². The van der Waals surface area contributed by atoms with Crippen LogP contribution >= 0.6 is 0 Å². The number of rotatable bonds is 8. The van der Waals surface area contributed by atoms with Crippen molar-refractivity contribution in [2.24, 2.45) is 0 Å². The van der Waals surface area contributed by atoms with Gasteiger partial charge >= 0.3 is 0 Å². The summed E-state index contributed by atoms with van der Waals surface area (Å²) in [7, 11) is 4.26. The van der Waals surface area contributed by atoms with E-state index in [-0.39, 0.29) is 28.5 Å². The first-order valence-corrected chi connectivity index (χ1v) is 8.16. The fourth-order valence-electron chi connectivity index (χ4n) is 2.26. The first kappa shape index (κ1) is 21.3. The number of hydrogen-bond donors (Lipinski definition) is 2. The van der Waals surface area contributed by atoms with Gasteiger partial charge in [-0.3, -0.25) is 30.6 Å². The van der Waals surface area contributed by atoms with Crippen LogP contribution in [0.4, 0.5) is 5.69 Å². The van der Waals surface area contributed by atoms with Crippen molar-refractivity contribution in [2.45, 2.75) is 0 Å². The summed E-state index contributed by atoms with van der Waals surface area (Å²) < 4.78 is 20.7. The Bertz CT molecular complexity index is 873. The predicted octanol–water partition coefficient (Wildman–Crippen LogP) is 1.46. The summed E-state index contributed by atoms with van der Waals surface area (Å²) in [4.78, 5) is 34.2. The number of amides is 2. The highest BCUT2D eigenvalue weighted by atomic mass is 16.6. The fraction of sp³-hybridized carbons (Fsp3) is 0.222. The van der Waals surface area contributed by atoms with E-state index in [9.17, 15) is 19.7 Å². The second-order valence-corrected chi connectivity index (χ2v) is 5.46. The van der Waals surface area contributed by atoms with Crippen LogP contribution in [-0.2, 0) is 4.79 Å². The molecule has 154 valence electrons. The number of benzene rings is 2. The zero-order valence-electron chi connectivity index (χ0n) is 15.9. The van der Waals surface area contributed by atoms with Gasteiger partial charge in [-0.2, -0.15) is 0 Å². The summed E-state index contributed by atoms with van der Waals surface area (Å²) in [5.74, 6) is -0.0967. The van der Waals surface area contributed by atoms with Crippen LogP contribution in [0.15, 0.2) is 36.4 Å². The van der Waals surface area contributed by atoms with Crippen LogP contribution in [0, 0.1) is 10.1 Å². The molecule has 2 N–H and O–H groups in total. The molecule has 2 amide bonds. The largest absolute Gasteiger partial charge is 0.493 e. The minimum absolute atomic E-state index is 0.0978. The number of hydrazine groups is 1. The SMILES string of the molecule is COc1cc(C(=O)NNC(=O)COc2ccc([N+](=O)[O-])cc2)cc(OC)c1OC. The summed E-state index contributed by atoms with van der Waals surface area (Å²) in [5.41, 5.74) is 4.50. The minimum atomic E-state index is -0.635. The van der Waals surface area contributed by atoms with Crippen LogP contribution in [0.5, 0.6) is 23.0 Å². The smallest absolute Gasteiger partial charge is 0.276 e. The molecule has 0 aliphatic rings. The van der Waals surface area contributed by atoms with Crippen molar-refractivity contribution >= 4 is 17.5 Å². The van der Waals surface area contributed by atoms with Crippen molar-refractivity contribution in [3.8, 4) is 23.0 Å². The number of nitro groups is 1. The number of nitrogens with one attached hydrogen (secondary N) is 2. The lowest BCUT2D eigenvalue weighted by molar-refractivity contribution is -0.384. The Hall–Kier alpha value is -4.02. The first-order chi connectivity index (χ1) is 13.9. The van der Waals surface area contributed by atoms with E-state index < -0.39 is 23.3 Å². The number of ether oxygens (including phenoxy) is 4. The lowest BCUT2D eigenvalue weighted by atomic mass is 10.1. The highest BCUT2D eigenvalue weighted by Crippen LogP contribution is 2.38. The van der Waals surface area contributed by atoms with E-state index in [4.69, 9.17) is 18.9 Å². The average molecular weight is 405 g/mol. The molecule has 0 saturated heterocycles. The summed E-state index contributed by atoms with van der Waals surface area (Å²) in [6.45, 7) is -0.409. The highest BCUT2D eigenvalue weighted by molar-refractivity contribution is 5.96. The molecule has 0 aliphatic carbocycles. The molecule has 0 saturated carbocycles. The van der Waals surface area contributed by atoms with E-state index in [0.717, 1.165) is 0 Å². The number of non-ortho nitro benzene ring substituents is 1. The molecule has 2 aromatic rings. The molecular weight excluding hydrogens is 386 g/mol. The van der Waals surface area contributed by atoms with Gasteiger partial charge in [-0.15, -0.1) is 0 Å². The normalized spacial score (nSPS) is 9.90. The number of methoxy groups -OCH3 is 3. The molecular formula is C18H19N3O8. The van der Waals surface area contributed by atoms with Gasteiger partial charge in [0, 0.05) is 17.7 Å². The number of hydrogen-bond acceptors (Lipinski definition) is 8. The lowest BCUT2D eigenvalue weighted by Gasteiger charge is -2.14. The monoisotopic (exact) mass is 405 g/mol. The number of nitrogens with zero attached hydrogens (tertiary/aromatic N) is 1. The van der Waals surface area contributed by atoms with E-state index >= 15 is 0 Å². The van der Waals surface area contributed by atoms with E-state index in [1.54, 1.807) is 0 Å². The van der Waals surface area contributed by atoms with Gasteiger partial charge in [-0.1, -0.05) is 0 Å². The van der Waals surface area contributed by atoms with E-state index in [0.29, 0.717) is 5.75 Å². The van der Waals surface area contributed by atoms with E-state index in [1.165, 1.54) is 57.7 Å². The molecule has 11 heteroatoms. The Morgan fingerprint density at radius 3 is 2.03 bits per heavy atom. The predicted molar refractivity (Wildman–Crippen MR) is 100 cm³/mol. The summed E-state index contributed by atoms with van der Waals surface area (Å²) >= 11 is 0. The third-order valence-corrected chi connectivity index (χ3v) is 3.66. The van der Waals surface area contributed by atoms with Crippen LogP contribution in [0.2, 0.25) is 0 Å². The quantitative estimate of drug-likeness (QED) is 0.497. The first-order valence-electron chi connectivity index (χ1n) is 8.16. The van der Waals surface area contributed by atoms with Crippen LogP contribution in [0.1, 0.15) is 10.4 Å². The van der Waals surface area contributed by atoms with Gasteiger partial charge in [0.25, 0.3) is 17.5 Å². The van der Waals surface area contributed by atoms with Gasteiger partial charge in [-0.25, -0.2) is 0 Å². The molecule has 0 atom stereocenters. The fourth-order valence-corrected chi connectivity index (χ4v) is 2.26. The molecule has 0 aromatic heterocycles. The van der Waals surface area contributed by atoms with Gasteiger partial charge in [-0.05, 0) is 24.3 Å². The molecule has 0 fully saturated rings. The lowest BCUT2D eigenvalue weighted by Crippen LogP contribution is -2.43.